The third-order valence-electron chi connectivity index (χ3n) is 2.08. The molecule has 0 aliphatic heterocycles. The summed E-state index contributed by atoms with van der Waals surface area (Å²) in [7, 11) is 0. The summed E-state index contributed by atoms with van der Waals surface area (Å²) in [6.07, 6.45) is 0. The molecule has 0 aliphatic carbocycles. The highest BCUT2D eigenvalue weighted by atomic mass is 16.2. The maximum Gasteiger partial charge on any atom is 0.315 e. The van der Waals surface area contributed by atoms with Crippen molar-refractivity contribution in [3.05, 3.63) is 35.4 Å². The lowest BCUT2D eigenvalue weighted by atomic mass is 10.1. The van der Waals surface area contributed by atoms with Crippen molar-refractivity contribution < 1.29 is 9.59 Å². The molecule has 0 aromatic heterocycles. The maximum atomic E-state index is 11.0. The van der Waals surface area contributed by atoms with Gasteiger partial charge in [0.25, 0.3) is 0 Å². The van der Waals surface area contributed by atoms with Gasteiger partial charge < -0.3 is 16.4 Å². The van der Waals surface area contributed by atoms with Gasteiger partial charge in [-0.1, -0.05) is 11.8 Å². The van der Waals surface area contributed by atoms with E-state index in [4.69, 9.17) is 5.73 Å². The Labute approximate surface area is 106 Å². The van der Waals surface area contributed by atoms with Crippen molar-refractivity contribution in [2.24, 2.45) is 5.73 Å². The SMILES string of the molecule is CCNC(=O)NCC#Cc1ccc(C(N)=O)cc1. The standard InChI is InChI=1S/C13H15N3O2/c1-2-15-13(18)16-9-3-4-10-5-7-11(8-6-10)12(14)17/h5-8H,2,9H2,1H3,(H2,14,17)(H2,15,16,18). The lowest BCUT2D eigenvalue weighted by Gasteiger charge is -2.00. The Morgan fingerprint density at radius 1 is 1.22 bits per heavy atom. The highest BCUT2D eigenvalue weighted by Gasteiger charge is 1.97. The molecule has 0 atom stereocenters. The predicted octanol–water partition coefficient (Wildman–Crippen LogP) is 0.456. The van der Waals surface area contributed by atoms with E-state index in [2.05, 4.69) is 22.5 Å². The molecular formula is C13H15N3O2. The summed E-state index contributed by atoms with van der Waals surface area (Å²) in [4.78, 5) is 21.9. The van der Waals surface area contributed by atoms with Gasteiger partial charge in [-0.05, 0) is 31.2 Å². The topological polar surface area (TPSA) is 84.2 Å². The average Bonchev–Trinajstić information content (AvgIpc) is 2.35. The molecule has 0 aliphatic rings. The van der Waals surface area contributed by atoms with Crippen LogP contribution in [0.2, 0.25) is 0 Å². The molecule has 94 valence electrons. The minimum Gasteiger partial charge on any atom is -0.366 e. The van der Waals surface area contributed by atoms with E-state index in [0.29, 0.717) is 12.1 Å². The van der Waals surface area contributed by atoms with E-state index in [9.17, 15) is 9.59 Å². The van der Waals surface area contributed by atoms with Crippen molar-refractivity contribution in [3.8, 4) is 11.8 Å². The number of hydrogen-bond donors (Lipinski definition) is 3. The number of primary amides is 1. The molecule has 0 saturated heterocycles. The smallest absolute Gasteiger partial charge is 0.315 e. The summed E-state index contributed by atoms with van der Waals surface area (Å²) in [6, 6.07) is 6.40. The molecule has 4 N–H and O–H groups in total. The summed E-state index contributed by atoms with van der Waals surface area (Å²) in [5.74, 6) is 5.20. The number of nitrogens with one attached hydrogen (secondary N) is 2. The number of amides is 3. The van der Waals surface area contributed by atoms with Crippen molar-refractivity contribution >= 4 is 11.9 Å². The lowest BCUT2D eigenvalue weighted by Crippen LogP contribution is -2.35. The van der Waals surface area contributed by atoms with Crippen molar-refractivity contribution in [1.82, 2.24) is 10.6 Å². The first-order valence-electron chi connectivity index (χ1n) is 5.54. The highest BCUT2D eigenvalue weighted by molar-refractivity contribution is 5.92. The van der Waals surface area contributed by atoms with Crippen LogP contribution in [0.15, 0.2) is 24.3 Å². The number of carbonyl (C=O) groups is 2. The Morgan fingerprint density at radius 3 is 2.44 bits per heavy atom. The molecule has 0 radical (unpaired) electrons. The summed E-state index contributed by atoms with van der Waals surface area (Å²) < 4.78 is 0. The molecule has 0 bridgehead atoms. The monoisotopic (exact) mass is 245 g/mol. The molecule has 5 heteroatoms. The van der Waals surface area contributed by atoms with Crippen LogP contribution in [0.3, 0.4) is 0 Å². The summed E-state index contributed by atoms with van der Waals surface area (Å²) in [5, 5.41) is 5.18. The number of urea groups is 1. The molecule has 1 rings (SSSR count). The Balaban J connectivity index is 2.48. The second kappa shape index (κ2) is 6.97. The maximum absolute atomic E-state index is 11.0. The minimum atomic E-state index is -0.465. The van der Waals surface area contributed by atoms with Crippen molar-refractivity contribution in [1.29, 1.82) is 0 Å². The van der Waals surface area contributed by atoms with E-state index in [0.717, 1.165) is 5.56 Å². The largest absolute Gasteiger partial charge is 0.366 e. The molecule has 0 fully saturated rings. The lowest BCUT2D eigenvalue weighted by molar-refractivity contribution is 0.100. The number of benzene rings is 1. The number of hydrogen-bond acceptors (Lipinski definition) is 2. The fourth-order valence-electron chi connectivity index (χ4n) is 1.21. The van der Waals surface area contributed by atoms with Gasteiger partial charge in [-0.25, -0.2) is 4.79 Å². The van der Waals surface area contributed by atoms with Gasteiger partial charge in [-0.2, -0.15) is 0 Å². The third-order valence-corrected chi connectivity index (χ3v) is 2.08. The van der Waals surface area contributed by atoms with Crippen LogP contribution in [-0.2, 0) is 0 Å². The Kier molecular flexibility index (Phi) is 5.26. The second-order valence-electron chi connectivity index (χ2n) is 3.46. The Morgan fingerprint density at radius 2 is 1.89 bits per heavy atom. The van der Waals surface area contributed by atoms with Crippen molar-refractivity contribution in [3.63, 3.8) is 0 Å². The number of nitrogens with two attached hydrogens (primary N) is 1. The second-order valence-corrected chi connectivity index (χ2v) is 3.46. The van der Waals surface area contributed by atoms with E-state index in [1.807, 2.05) is 6.92 Å². The van der Waals surface area contributed by atoms with Crippen LogP contribution < -0.4 is 16.4 Å². The fraction of sp³-hybridized carbons (Fsp3) is 0.231. The molecule has 5 nitrogen and oxygen atoms in total. The van der Waals surface area contributed by atoms with Gasteiger partial charge in [0.2, 0.25) is 5.91 Å². The van der Waals surface area contributed by atoms with Crippen LogP contribution in [0.25, 0.3) is 0 Å². The minimum absolute atomic E-state index is 0.240. The van der Waals surface area contributed by atoms with Crippen LogP contribution in [0.1, 0.15) is 22.8 Å². The van der Waals surface area contributed by atoms with E-state index in [-0.39, 0.29) is 12.6 Å². The summed E-state index contributed by atoms with van der Waals surface area (Å²) in [6.45, 7) is 2.68. The van der Waals surface area contributed by atoms with Crippen LogP contribution in [-0.4, -0.2) is 25.0 Å². The van der Waals surface area contributed by atoms with Gasteiger partial charge >= 0.3 is 6.03 Å². The van der Waals surface area contributed by atoms with E-state index < -0.39 is 5.91 Å². The Bertz CT molecular complexity index is 483. The first kappa shape index (κ1) is 13.6. The van der Waals surface area contributed by atoms with Crippen molar-refractivity contribution in [2.45, 2.75) is 6.92 Å². The number of rotatable bonds is 3. The fourth-order valence-corrected chi connectivity index (χ4v) is 1.21. The predicted molar refractivity (Wildman–Crippen MR) is 68.9 cm³/mol. The zero-order valence-corrected chi connectivity index (χ0v) is 10.1. The normalized spacial score (nSPS) is 8.94. The molecular weight excluding hydrogens is 230 g/mol. The highest BCUT2D eigenvalue weighted by Crippen LogP contribution is 2.01. The van der Waals surface area contributed by atoms with Crippen LogP contribution >= 0.6 is 0 Å². The average molecular weight is 245 g/mol. The quantitative estimate of drug-likeness (QED) is 0.676. The van der Waals surface area contributed by atoms with Crippen LogP contribution in [0, 0.1) is 11.8 Å². The molecule has 0 heterocycles. The van der Waals surface area contributed by atoms with Crippen LogP contribution in [0.5, 0.6) is 0 Å². The molecule has 3 amide bonds. The molecule has 1 aromatic rings. The van der Waals surface area contributed by atoms with Gasteiger partial charge in [0.1, 0.15) is 0 Å². The van der Waals surface area contributed by atoms with E-state index in [1.54, 1.807) is 24.3 Å². The zero-order chi connectivity index (χ0) is 13.4. The van der Waals surface area contributed by atoms with Gasteiger partial charge in [0.15, 0.2) is 0 Å². The Hall–Kier alpha value is -2.48. The van der Waals surface area contributed by atoms with E-state index >= 15 is 0 Å². The van der Waals surface area contributed by atoms with Crippen molar-refractivity contribution in [2.75, 3.05) is 13.1 Å². The first-order chi connectivity index (χ1) is 8.63. The molecule has 18 heavy (non-hydrogen) atoms. The zero-order valence-electron chi connectivity index (χ0n) is 10.1. The molecule has 0 unspecified atom stereocenters. The van der Waals surface area contributed by atoms with Crippen LogP contribution in [0.4, 0.5) is 4.79 Å². The van der Waals surface area contributed by atoms with Gasteiger partial charge in [0, 0.05) is 17.7 Å². The van der Waals surface area contributed by atoms with Gasteiger partial charge in [-0.15, -0.1) is 0 Å². The summed E-state index contributed by atoms with van der Waals surface area (Å²) in [5.41, 5.74) is 6.32. The van der Waals surface area contributed by atoms with E-state index in [1.165, 1.54) is 0 Å². The molecule has 1 aromatic carbocycles. The van der Waals surface area contributed by atoms with Gasteiger partial charge in [-0.3, -0.25) is 4.79 Å². The summed E-state index contributed by atoms with van der Waals surface area (Å²) >= 11 is 0. The van der Waals surface area contributed by atoms with Gasteiger partial charge in [0.05, 0.1) is 6.54 Å². The first-order valence-corrected chi connectivity index (χ1v) is 5.54. The molecule has 0 spiro atoms. The third kappa shape index (κ3) is 4.58. The molecule has 0 saturated carbocycles. The number of carbonyl (C=O) groups excluding carboxylic acids is 2.